The molecule has 5 heteroatoms. The van der Waals surface area contributed by atoms with Crippen molar-refractivity contribution < 1.29 is 4.52 Å². The van der Waals surface area contributed by atoms with Crippen LogP contribution in [0, 0.1) is 0 Å². The molecule has 1 atom stereocenters. The highest BCUT2D eigenvalue weighted by Crippen LogP contribution is 2.18. The maximum absolute atomic E-state index is 5.37. The molecule has 5 nitrogen and oxygen atoms in total. The third kappa shape index (κ3) is 2.20. The van der Waals surface area contributed by atoms with E-state index >= 15 is 0 Å². The van der Waals surface area contributed by atoms with E-state index in [0.717, 1.165) is 12.8 Å². The van der Waals surface area contributed by atoms with E-state index in [1.807, 2.05) is 6.92 Å². The quantitative estimate of drug-likeness (QED) is 0.686. The standard InChI is InChI=1S/C7H14N4O/c1-5(3-2-4-8)6-10-7(9)11-12-6/h5H,2-4,8H2,1H3,(H2,9,11). The Morgan fingerprint density at radius 1 is 1.58 bits per heavy atom. The highest BCUT2D eigenvalue weighted by molar-refractivity contribution is 5.11. The minimum Gasteiger partial charge on any atom is -0.365 e. The van der Waals surface area contributed by atoms with Crippen molar-refractivity contribution in [3.63, 3.8) is 0 Å². The maximum Gasteiger partial charge on any atom is 0.260 e. The van der Waals surface area contributed by atoms with Gasteiger partial charge in [-0.1, -0.05) is 6.92 Å². The largest absolute Gasteiger partial charge is 0.365 e. The van der Waals surface area contributed by atoms with Crippen LogP contribution in [0.15, 0.2) is 4.52 Å². The summed E-state index contributed by atoms with van der Waals surface area (Å²) in [6.07, 6.45) is 1.92. The molecule has 0 aliphatic heterocycles. The Balaban J connectivity index is 2.47. The molecule has 68 valence electrons. The molecular formula is C7H14N4O. The zero-order chi connectivity index (χ0) is 8.97. The van der Waals surface area contributed by atoms with E-state index in [1.165, 1.54) is 0 Å². The predicted octanol–water partition coefficient (Wildman–Crippen LogP) is 0.494. The van der Waals surface area contributed by atoms with Crippen molar-refractivity contribution in [2.45, 2.75) is 25.7 Å². The molecule has 0 bridgehead atoms. The van der Waals surface area contributed by atoms with Crippen LogP contribution in [0.4, 0.5) is 5.95 Å². The fourth-order valence-corrected chi connectivity index (χ4v) is 0.995. The van der Waals surface area contributed by atoms with Crippen LogP contribution in [0.1, 0.15) is 31.6 Å². The van der Waals surface area contributed by atoms with Crippen LogP contribution in [0.3, 0.4) is 0 Å². The Morgan fingerprint density at radius 3 is 2.83 bits per heavy atom. The molecule has 0 spiro atoms. The third-order valence-corrected chi connectivity index (χ3v) is 1.72. The first-order valence-corrected chi connectivity index (χ1v) is 4.03. The van der Waals surface area contributed by atoms with Gasteiger partial charge >= 0.3 is 0 Å². The lowest BCUT2D eigenvalue weighted by atomic mass is 10.1. The highest BCUT2D eigenvalue weighted by atomic mass is 16.5. The second-order valence-corrected chi connectivity index (χ2v) is 2.82. The minimum atomic E-state index is 0.199. The molecular weight excluding hydrogens is 156 g/mol. The Bertz CT molecular complexity index is 235. The van der Waals surface area contributed by atoms with E-state index in [4.69, 9.17) is 16.0 Å². The third-order valence-electron chi connectivity index (χ3n) is 1.72. The van der Waals surface area contributed by atoms with Crippen molar-refractivity contribution in [3.8, 4) is 0 Å². The molecule has 1 heterocycles. The first-order valence-electron chi connectivity index (χ1n) is 4.03. The van der Waals surface area contributed by atoms with E-state index in [2.05, 4.69) is 10.1 Å². The lowest BCUT2D eigenvalue weighted by Gasteiger charge is -2.02. The normalized spacial score (nSPS) is 13.2. The monoisotopic (exact) mass is 170 g/mol. The van der Waals surface area contributed by atoms with Crippen molar-refractivity contribution >= 4 is 5.95 Å². The van der Waals surface area contributed by atoms with Gasteiger partial charge in [0.1, 0.15) is 0 Å². The second kappa shape index (κ2) is 4.06. The van der Waals surface area contributed by atoms with Crippen LogP contribution in [0.2, 0.25) is 0 Å². The molecule has 0 aromatic carbocycles. The average Bonchev–Trinajstić information content (AvgIpc) is 2.47. The summed E-state index contributed by atoms with van der Waals surface area (Å²) < 4.78 is 4.90. The number of nitrogen functional groups attached to an aromatic ring is 1. The van der Waals surface area contributed by atoms with Crippen LogP contribution in [-0.4, -0.2) is 16.7 Å². The number of aromatic nitrogens is 2. The van der Waals surface area contributed by atoms with E-state index in [-0.39, 0.29) is 11.9 Å². The van der Waals surface area contributed by atoms with Crippen molar-refractivity contribution in [2.75, 3.05) is 12.3 Å². The first kappa shape index (κ1) is 8.99. The van der Waals surface area contributed by atoms with Gasteiger partial charge in [-0.15, -0.1) is 0 Å². The summed E-state index contributed by atoms with van der Waals surface area (Å²) in [6.45, 7) is 2.70. The zero-order valence-corrected chi connectivity index (χ0v) is 7.16. The van der Waals surface area contributed by atoms with Crippen LogP contribution < -0.4 is 11.5 Å². The number of hydrogen-bond donors (Lipinski definition) is 2. The topological polar surface area (TPSA) is 91.0 Å². The van der Waals surface area contributed by atoms with E-state index in [1.54, 1.807) is 0 Å². The molecule has 1 aromatic heterocycles. The van der Waals surface area contributed by atoms with Crippen molar-refractivity contribution in [3.05, 3.63) is 5.89 Å². The molecule has 0 radical (unpaired) electrons. The summed E-state index contributed by atoms with van der Waals surface area (Å²) in [6, 6.07) is 0. The van der Waals surface area contributed by atoms with Gasteiger partial charge < -0.3 is 16.0 Å². The second-order valence-electron chi connectivity index (χ2n) is 2.82. The molecule has 0 aliphatic rings. The Labute approximate surface area is 71.1 Å². The Hall–Kier alpha value is -1.10. The lowest BCUT2D eigenvalue weighted by molar-refractivity contribution is 0.352. The van der Waals surface area contributed by atoms with Crippen LogP contribution >= 0.6 is 0 Å². The van der Waals surface area contributed by atoms with Crippen molar-refractivity contribution in [2.24, 2.45) is 5.73 Å². The fraction of sp³-hybridized carbons (Fsp3) is 0.714. The van der Waals surface area contributed by atoms with Gasteiger partial charge in [-0.25, -0.2) is 0 Å². The van der Waals surface area contributed by atoms with Gasteiger partial charge in [0.15, 0.2) is 0 Å². The smallest absolute Gasteiger partial charge is 0.260 e. The van der Waals surface area contributed by atoms with Gasteiger partial charge in [0.25, 0.3) is 5.95 Å². The predicted molar refractivity (Wildman–Crippen MR) is 45.4 cm³/mol. The van der Waals surface area contributed by atoms with Gasteiger partial charge in [-0.05, 0) is 24.5 Å². The fourth-order valence-electron chi connectivity index (χ4n) is 0.995. The number of nitrogens with two attached hydrogens (primary N) is 2. The molecule has 12 heavy (non-hydrogen) atoms. The summed E-state index contributed by atoms with van der Waals surface area (Å²) in [7, 11) is 0. The first-order chi connectivity index (χ1) is 5.74. The summed E-state index contributed by atoms with van der Waals surface area (Å²) in [5.41, 5.74) is 10.7. The Kier molecular flexibility index (Phi) is 3.04. The number of hydrogen-bond acceptors (Lipinski definition) is 5. The molecule has 1 rings (SSSR count). The highest BCUT2D eigenvalue weighted by Gasteiger charge is 2.11. The maximum atomic E-state index is 5.37. The molecule has 0 saturated heterocycles. The van der Waals surface area contributed by atoms with Gasteiger partial charge in [-0.2, -0.15) is 4.98 Å². The van der Waals surface area contributed by atoms with Crippen LogP contribution in [0.25, 0.3) is 0 Å². The van der Waals surface area contributed by atoms with Gasteiger partial charge in [0, 0.05) is 5.92 Å². The number of nitrogens with zero attached hydrogens (tertiary/aromatic N) is 2. The SMILES string of the molecule is CC(CCCN)c1nc(N)no1. The summed E-state index contributed by atoms with van der Waals surface area (Å²) in [4.78, 5) is 3.92. The molecule has 1 aromatic rings. The molecule has 4 N–H and O–H groups in total. The minimum absolute atomic E-state index is 0.199. The average molecular weight is 170 g/mol. The van der Waals surface area contributed by atoms with E-state index in [9.17, 15) is 0 Å². The molecule has 0 fully saturated rings. The number of rotatable bonds is 4. The van der Waals surface area contributed by atoms with Crippen LogP contribution in [-0.2, 0) is 0 Å². The van der Waals surface area contributed by atoms with E-state index in [0.29, 0.717) is 12.4 Å². The van der Waals surface area contributed by atoms with Crippen molar-refractivity contribution in [1.82, 2.24) is 10.1 Å². The van der Waals surface area contributed by atoms with Crippen molar-refractivity contribution in [1.29, 1.82) is 0 Å². The van der Waals surface area contributed by atoms with Gasteiger partial charge in [0.2, 0.25) is 5.89 Å². The molecule has 0 aliphatic carbocycles. The summed E-state index contributed by atoms with van der Waals surface area (Å²) in [5, 5.41) is 3.51. The Morgan fingerprint density at radius 2 is 2.33 bits per heavy atom. The van der Waals surface area contributed by atoms with E-state index < -0.39 is 0 Å². The van der Waals surface area contributed by atoms with Gasteiger partial charge in [0.05, 0.1) is 0 Å². The lowest BCUT2D eigenvalue weighted by Crippen LogP contribution is -2.02. The van der Waals surface area contributed by atoms with Gasteiger partial charge in [-0.3, -0.25) is 0 Å². The summed E-state index contributed by atoms with van der Waals surface area (Å²) >= 11 is 0. The number of anilines is 1. The van der Waals surface area contributed by atoms with Crippen LogP contribution in [0.5, 0.6) is 0 Å². The zero-order valence-electron chi connectivity index (χ0n) is 7.16. The molecule has 1 unspecified atom stereocenters. The molecule has 0 saturated carbocycles. The molecule has 0 amide bonds. The summed E-state index contributed by atoms with van der Waals surface area (Å²) in [5.74, 6) is 1.05.